The fourth-order valence-electron chi connectivity index (χ4n) is 3.34. The first kappa shape index (κ1) is 20.2. The van der Waals surface area contributed by atoms with E-state index in [1.54, 1.807) is 0 Å². The van der Waals surface area contributed by atoms with Crippen LogP contribution in [0.2, 0.25) is 0 Å². The molecule has 0 saturated carbocycles. The van der Waals surface area contributed by atoms with Gasteiger partial charge in [0.15, 0.2) is 0 Å². The van der Waals surface area contributed by atoms with E-state index in [2.05, 4.69) is 65.9 Å². The van der Waals surface area contributed by atoms with Crippen LogP contribution in [0.25, 0.3) is 38.4 Å². The molecule has 0 aliphatic carbocycles. The average molecular weight is 580 g/mol. The number of imidazole rings is 1. The summed E-state index contributed by atoms with van der Waals surface area (Å²) in [5.74, 6) is 0. The monoisotopic (exact) mass is 580 g/mol. The Labute approximate surface area is 186 Å². The maximum atomic E-state index is 4.87. The molecule has 5 rings (SSSR count). The summed E-state index contributed by atoms with van der Waals surface area (Å²) in [4.78, 5) is 4.87. The number of benzene rings is 3. The molecule has 123 valence electrons. The number of fused-ring (bicyclic) bond motifs is 8. The number of nitrogens with zero attached hydrogens (tertiary/aromatic N) is 2. The van der Waals surface area contributed by atoms with Crippen molar-refractivity contribution in [3.63, 3.8) is 0 Å². The predicted molar refractivity (Wildman–Crippen MR) is 97.7 cm³/mol. The first-order chi connectivity index (χ1) is 10.8. The molecule has 0 aliphatic rings. The molecule has 2 aromatic heterocycles. The summed E-state index contributed by atoms with van der Waals surface area (Å²) in [6.45, 7) is 2.12. The van der Waals surface area contributed by atoms with Crippen LogP contribution in [0.5, 0.6) is 0 Å². The summed E-state index contributed by atoms with van der Waals surface area (Å²) in [7, 11) is 0. The van der Waals surface area contributed by atoms with Crippen LogP contribution in [0.3, 0.4) is 0 Å². The zero-order valence-corrected chi connectivity index (χ0v) is 19.2. The fraction of sp³-hybridized carbons (Fsp3) is 0.0476. The van der Waals surface area contributed by atoms with Gasteiger partial charge in [0.25, 0.3) is 0 Å². The molecule has 0 saturated heterocycles. The number of hydrogen-bond acceptors (Lipinski definition) is 1. The second-order valence-corrected chi connectivity index (χ2v) is 5.74. The average Bonchev–Trinajstić information content (AvgIpc) is 2.94. The van der Waals surface area contributed by atoms with Crippen molar-refractivity contribution in [1.82, 2.24) is 9.38 Å². The van der Waals surface area contributed by atoms with Crippen LogP contribution in [0.15, 0.2) is 60.7 Å². The van der Waals surface area contributed by atoms with Crippen molar-refractivity contribution in [2.75, 3.05) is 0 Å². The van der Waals surface area contributed by atoms with Gasteiger partial charge in [-0.25, -0.2) is 0 Å². The molecule has 0 atom stereocenters. The Morgan fingerprint density at radius 3 is 2.52 bits per heavy atom. The Morgan fingerprint density at radius 2 is 1.68 bits per heavy atom. The zero-order chi connectivity index (χ0) is 14.7. The molecule has 1 radical (unpaired) electrons. The first-order valence-corrected chi connectivity index (χ1v) is 7.43. The van der Waals surface area contributed by atoms with Crippen LogP contribution in [0.4, 0.5) is 0 Å². The minimum Gasteiger partial charge on any atom is -0.358 e. The molecule has 4 heteroatoms. The fourth-order valence-corrected chi connectivity index (χ4v) is 3.34. The van der Waals surface area contributed by atoms with Crippen molar-refractivity contribution in [2.24, 2.45) is 0 Å². The van der Waals surface area contributed by atoms with Crippen molar-refractivity contribution >= 4 is 38.4 Å². The molecule has 0 bridgehead atoms. The molecule has 25 heavy (non-hydrogen) atoms. The van der Waals surface area contributed by atoms with Gasteiger partial charge in [0, 0.05) is 38.2 Å². The van der Waals surface area contributed by atoms with E-state index in [1.165, 1.54) is 21.9 Å². The van der Waals surface area contributed by atoms with Gasteiger partial charge in [-0.05, 0) is 36.1 Å². The number of aromatic nitrogens is 2. The van der Waals surface area contributed by atoms with Crippen LogP contribution in [0.1, 0.15) is 5.56 Å². The topological polar surface area (TPSA) is 17.3 Å². The molecule has 2 heterocycles. The van der Waals surface area contributed by atoms with E-state index in [-0.39, 0.29) is 61.2 Å². The predicted octanol–water partition coefficient (Wildman–Crippen LogP) is 5.35. The van der Waals surface area contributed by atoms with Crippen molar-refractivity contribution in [2.45, 2.75) is 6.92 Å². The Hall–Kier alpha value is -1.08. The van der Waals surface area contributed by atoms with E-state index in [1.807, 2.05) is 12.1 Å². The maximum absolute atomic E-state index is 4.87. The van der Waals surface area contributed by atoms with Crippen LogP contribution >= 0.6 is 0 Å². The summed E-state index contributed by atoms with van der Waals surface area (Å²) in [5.41, 5.74) is 5.61. The minimum absolute atomic E-state index is 0. The molecule has 0 spiro atoms. The molecule has 5 aromatic rings. The largest absolute Gasteiger partial charge is 2.00 e. The van der Waals surface area contributed by atoms with E-state index < -0.39 is 0 Å². The molecule has 0 fully saturated rings. The normalized spacial score (nSPS) is 10.4. The second-order valence-electron chi connectivity index (χ2n) is 5.74. The van der Waals surface area contributed by atoms with Crippen LogP contribution in [-0.4, -0.2) is 9.38 Å². The van der Waals surface area contributed by atoms with Crippen molar-refractivity contribution in [1.29, 1.82) is 0 Å². The van der Waals surface area contributed by atoms with Crippen LogP contribution < -0.4 is 0 Å². The van der Waals surface area contributed by atoms with E-state index in [0.717, 1.165) is 22.1 Å². The van der Waals surface area contributed by atoms with Gasteiger partial charge in [-0.15, -0.1) is 29.7 Å². The second kappa shape index (κ2) is 7.66. The Balaban J connectivity index is 0.000000751. The van der Waals surface area contributed by atoms with Gasteiger partial charge in [0.2, 0.25) is 0 Å². The Bertz CT molecular complexity index is 1190. The van der Waals surface area contributed by atoms with Gasteiger partial charge in [-0.2, -0.15) is 0 Å². The van der Waals surface area contributed by atoms with Gasteiger partial charge in [-0.3, -0.25) is 4.98 Å². The molecular formula is C21H16N2PtY. The minimum atomic E-state index is 0. The summed E-state index contributed by atoms with van der Waals surface area (Å²) in [6, 6.07) is 24.5. The van der Waals surface area contributed by atoms with E-state index in [4.69, 9.17) is 4.98 Å². The van der Waals surface area contributed by atoms with E-state index in [9.17, 15) is 0 Å². The van der Waals surface area contributed by atoms with E-state index >= 15 is 0 Å². The van der Waals surface area contributed by atoms with Crippen molar-refractivity contribution in [3.05, 3.63) is 79.7 Å². The van der Waals surface area contributed by atoms with Crippen LogP contribution in [-0.2, 0) is 53.8 Å². The Morgan fingerprint density at radius 1 is 0.920 bits per heavy atom. The molecule has 0 amide bonds. The first-order valence-electron chi connectivity index (χ1n) is 7.43. The third-order valence-electron chi connectivity index (χ3n) is 4.32. The van der Waals surface area contributed by atoms with Crippen molar-refractivity contribution in [3.8, 4) is 0 Å². The van der Waals surface area contributed by atoms with Crippen LogP contribution in [0, 0.1) is 20.4 Å². The molecule has 0 aliphatic heterocycles. The van der Waals surface area contributed by atoms with Gasteiger partial charge >= 0.3 is 21.1 Å². The third-order valence-corrected chi connectivity index (χ3v) is 4.32. The Kier molecular flexibility index (Phi) is 6.20. The quantitative estimate of drug-likeness (QED) is 0.179. The van der Waals surface area contributed by atoms with Crippen molar-refractivity contribution < 1.29 is 53.8 Å². The number of aryl methyl sites for hydroxylation is 1. The SMILES string of the molecule is Cc1ccc2nc3c4[c-]cccc4c4ccccc4n3c2c1.[CH3-].[Pt+2].[Y]. The molecular weight excluding hydrogens is 564 g/mol. The molecule has 0 N–H and O–H groups in total. The molecule has 2 nitrogen and oxygen atoms in total. The summed E-state index contributed by atoms with van der Waals surface area (Å²) >= 11 is 0. The van der Waals surface area contributed by atoms with Gasteiger partial charge in [0.05, 0.1) is 16.7 Å². The molecule has 3 aromatic carbocycles. The number of pyridine rings is 1. The van der Waals surface area contributed by atoms with Gasteiger partial charge in [-0.1, -0.05) is 29.7 Å². The molecule has 0 unspecified atom stereocenters. The number of para-hydroxylation sites is 1. The smallest absolute Gasteiger partial charge is 0.358 e. The summed E-state index contributed by atoms with van der Waals surface area (Å²) < 4.78 is 2.26. The van der Waals surface area contributed by atoms with Gasteiger partial charge < -0.3 is 11.8 Å². The maximum Gasteiger partial charge on any atom is 2.00 e. The number of hydrogen-bond donors (Lipinski definition) is 0. The van der Waals surface area contributed by atoms with Gasteiger partial charge in [0.1, 0.15) is 0 Å². The third kappa shape index (κ3) is 2.99. The summed E-state index contributed by atoms with van der Waals surface area (Å²) in [6.07, 6.45) is 0. The summed E-state index contributed by atoms with van der Waals surface area (Å²) in [5, 5.41) is 3.52. The zero-order valence-electron chi connectivity index (χ0n) is 14.1. The number of rotatable bonds is 0. The van der Waals surface area contributed by atoms with E-state index in [0.29, 0.717) is 0 Å². The standard InChI is InChI=1S/C20H13N2.CH3.Pt.Y/c1-13-10-11-17-19(12-13)22-18-9-5-4-7-15(18)14-6-2-3-8-16(14)20(22)21-17;;;/h2-7,9-12H,1H3;1H3;;/q2*-1;+2;.